The van der Waals surface area contributed by atoms with E-state index in [2.05, 4.69) is 12.7 Å². The van der Waals surface area contributed by atoms with Crippen molar-refractivity contribution < 1.29 is 4.79 Å². The highest BCUT2D eigenvalue weighted by molar-refractivity contribution is 8.21. The van der Waals surface area contributed by atoms with Gasteiger partial charge in [-0.25, -0.2) is 3.71 Å². The third-order valence-electron chi connectivity index (χ3n) is 1.42. The molecule has 5 nitrogen and oxygen atoms in total. The van der Waals surface area contributed by atoms with Gasteiger partial charge < -0.3 is 0 Å². The number of nitrogens with zero attached hydrogens (tertiary/aromatic N) is 2. The van der Waals surface area contributed by atoms with Crippen LogP contribution in [0.2, 0.25) is 0 Å². The van der Waals surface area contributed by atoms with E-state index in [0.29, 0.717) is 0 Å². The summed E-state index contributed by atoms with van der Waals surface area (Å²) in [6.07, 6.45) is 6.50. The molecule has 0 aromatic heterocycles. The van der Waals surface area contributed by atoms with Crippen LogP contribution in [-0.4, -0.2) is 15.8 Å². The molecule has 9 heteroatoms. The smallest absolute Gasteiger partial charge is 0.231 e. The number of allylic oxidation sites excluding steroid dienone is 4. The lowest BCUT2D eigenvalue weighted by Gasteiger charge is -2.16. The van der Waals surface area contributed by atoms with Crippen molar-refractivity contribution in [2.45, 2.75) is 0 Å². The second-order valence-corrected chi connectivity index (χ2v) is 6.03. The zero-order valence-corrected chi connectivity index (χ0v) is 10.5. The molecular formula is C6H6N4OS4. The van der Waals surface area contributed by atoms with Crippen LogP contribution >= 0.6 is 48.3 Å². The Morgan fingerprint density at radius 2 is 2.40 bits per heavy atom. The predicted molar refractivity (Wildman–Crippen MR) is 69.2 cm³/mol. The van der Waals surface area contributed by atoms with Gasteiger partial charge in [0, 0.05) is 24.1 Å². The summed E-state index contributed by atoms with van der Waals surface area (Å²) in [5.74, 6) is 0. The fraction of sp³-hybridized carbons (Fsp3) is 0. The summed E-state index contributed by atoms with van der Waals surface area (Å²) >= 11 is 5.06. The summed E-state index contributed by atoms with van der Waals surface area (Å²) in [6, 6.07) is 0. The highest BCUT2D eigenvalue weighted by Crippen LogP contribution is 2.31. The Balaban J connectivity index is 2.12. The summed E-state index contributed by atoms with van der Waals surface area (Å²) < 4.78 is 11.5. The summed E-state index contributed by atoms with van der Waals surface area (Å²) in [6.45, 7) is 0. The summed E-state index contributed by atoms with van der Waals surface area (Å²) in [7, 11) is 0. The first-order chi connectivity index (χ1) is 7.40. The number of hydrogen-bond donors (Lipinski definition) is 2. The quantitative estimate of drug-likeness (QED) is 0.561. The van der Waals surface area contributed by atoms with Gasteiger partial charge in [0.25, 0.3) is 0 Å². The molecule has 0 fully saturated rings. The molecule has 0 saturated heterocycles. The normalized spacial score (nSPS) is 25.2. The minimum absolute atomic E-state index is 0.758. The standard InChI is InChI=1S/C6H6N4OS4/c11-4-10-12-6-3-1-2-5(6)7-13-8-14-9-15-10/h1-4,8-9H/b7-5-. The fourth-order valence-electron chi connectivity index (χ4n) is 0.864. The topological polar surface area (TPSA) is 56.7 Å². The van der Waals surface area contributed by atoms with E-state index in [1.807, 2.05) is 18.2 Å². The van der Waals surface area contributed by atoms with Crippen molar-refractivity contribution >= 4 is 60.5 Å². The highest BCUT2D eigenvalue weighted by atomic mass is 32.3. The molecule has 1 aliphatic heterocycles. The summed E-state index contributed by atoms with van der Waals surface area (Å²) in [4.78, 5) is 11.7. The van der Waals surface area contributed by atoms with Crippen molar-refractivity contribution in [3.05, 3.63) is 23.1 Å². The maximum atomic E-state index is 10.7. The number of amides is 1. The molecule has 2 N–H and O–H groups in total. The summed E-state index contributed by atoms with van der Waals surface area (Å²) in [5, 5.41) is 0. The zero-order chi connectivity index (χ0) is 10.5. The van der Waals surface area contributed by atoms with Crippen LogP contribution in [0.1, 0.15) is 0 Å². The molecule has 15 heavy (non-hydrogen) atoms. The van der Waals surface area contributed by atoms with E-state index in [-0.39, 0.29) is 0 Å². The van der Waals surface area contributed by atoms with Crippen LogP contribution < -0.4 is 8.25 Å². The minimum atomic E-state index is 0.758. The molecule has 2 aliphatic rings. The first kappa shape index (κ1) is 11.4. The van der Waals surface area contributed by atoms with E-state index in [0.717, 1.165) is 17.0 Å². The SMILES string of the molecule is O=CN1SNSNS/N=C2/C=CC=C2S1. The Kier molecular flexibility index (Phi) is 4.47. The van der Waals surface area contributed by atoms with Crippen LogP contribution in [0, 0.1) is 0 Å². The van der Waals surface area contributed by atoms with Gasteiger partial charge in [0.15, 0.2) is 0 Å². The van der Waals surface area contributed by atoms with E-state index >= 15 is 0 Å². The Morgan fingerprint density at radius 3 is 3.27 bits per heavy atom. The number of fused-ring (bicyclic) bond motifs is 1. The molecule has 0 spiro atoms. The number of carbonyl (C=O) groups excluding carboxylic acids is 1. The van der Waals surface area contributed by atoms with Crippen molar-refractivity contribution in [1.82, 2.24) is 12.0 Å². The number of nitrogens with one attached hydrogen (secondary N) is 2. The van der Waals surface area contributed by atoms with Crippen molar-refractivity contribution in [3.63, 3.8) is 0 Å². The second kappa shape index (κ2) is 5.87. The van der Waals surface area contributed by atoms with Gasteiger partial charge >= 0.3 is 0 Å². The van der Waals surface area contributed by atoms with Crippen molar-refractivity contribution in [2.24, 2.45) is 4.40 Å². The molecule has 2 rings (SSSR count). The van der Waals surface area contributed by atoms with E-state index in [4.69, 9.17) is 0 Å². The van der Waals surface area contributed by atoms with Crippen LogP contribution in [0.25, 0.3) is 0 Å². The molecular weight excluding hydrogens is 272 g/mol. The van der Waals surface area contributed by atoms with Crippen molar-refractivity contribution in [3.8, 4) is 0 Å². The third kappa shape index (κ3) is 3.20. The monoisotopic (exact) mass is 278 g/mol. The minimum Gasteiger partial charge on any atom is -0.277 e. The maximum Gasteiger partial charge on any atom is 0.231 e. The molecule has 80 valence electrons. The molecule has 0 saturated carbocycles. The first-order valence-corrected chi connectivity index (χ1v) is 6.92. The third-order valence-corrected chi connectivity index (χ3v) is 4.49. The van der Waals surface area contributed by atoms with E-state index in [1.165, 1.54) is 52.1 Å². The number of hydrogen-bond acceptors (Lipinski definition) is 8. The van der Waals surface area contributed by atoms with Gasteiger partial charge in [0.1, 0.15) is 0 Å². The molecule has 0 unspecified atom stereocenters. The zero-order valence-electron chi connectivity index (χ0n) is 7.25. The van der Waals surface area contributed by atoms with Crippen LogP contribution in [0.5, 0.6) is 0 Å². The lowest BCUT2D eigenvalue weighted by Crippen LogP contribution is -2.13. The van der Waals surface area contributed by atoms with Gasteiger partial charge in [0.05, 0.1) is 34.9 Å². The first-order valence-electron chi connectivity index (χ1n) is 3.78. The van der Waals surface area contributed by atoms with Crippen LogP contribution in [0.15, 0.2) is 27.5 Å². The average Bonchev–Trinajstić information content (AvgIpc) is 2.70. The molecule has 0 aromatic carbocycles. The molecule has 1 amide bonds. The molecule has 0 bridgehead atoms. The lowest BCUT2D eigenvalue weighted by atomic mass is 10.4. The molecule has 0 atom stereocenters. The van der Waals surface area contributed by atoms with Crippen LogP contribution in [0.4, 0.5) is 0 Å². The van der Waals surface area contributed by atoms with Crippen molar-refractivity contribution in [2.75, 3.05) is 0 Å². The van der Waals surface area contributed by atoms with Gasteiger partial charge in [-0.2, -0.15) is 12.7 Å². The molecule has 1 aliphatic carbocycles. The number of carbonyl (C=O) groups is 1. The van der Waals surface area contributed by atoms with Gasteiger partial charge in [-0.15, -0.1) is 0 Å². The average molecular weight is 278 g/mol. The van der Waals surface area contributed by atoms with Gasteiger partial charge in [0.2, 0.25) is 6.41 Å². The van der Waals surface area contributed by atoms with E-state index in [9.17, 15) is 4.79 Å². The fourth-order valence-corrected chi connectivity index (χ4v) is 3.65. The Labute approximate surface area is 105 Å². The van der Waals surface area contributed by atoms with E-state index in [1.54, 1.807) is 0 Å². The van der Waals surface area contributed by atoms with E-state index < -0.39 is 0 Å². The van der Waals surface area contributed by atoms with Gasteiger partial charge in [-0.1, -0.05) is 6.08 Å². The van der Waals surface area contributed by atoms with Crippen LogP contribution in [0.3, 0.4) is 0 Å². The molecule has 0 aromatic rings. The second-order valence-electron chi connectivity index (χ2n) is 2.30. The Bertz CT molecular complexity index is 342. The Hall–Kier alpha value is -0.0600. The lowest BCUT2D eigenvalue weighted by molar-refractivity contribution is -0.110. The van der Waals surface area contributed by atoms with Crippen molar-refractivity contribution in [1.29, 1.82) is 0 Å². The van der Waals surface area contributed by atoms with Gasteiger partial charge in [-0.3, -0.25) is 4.79 Å². The largest absolute Gasteiger partial charge is 0.277 e. The Morgan fingerprint density at radius 1 is 1.47 bits per heavy atom. The molecule has 0 radical (unpaired) electrons. The predicted octanol–water partition coefficient (Wildman–Crippen LogP) is 1.87. The summed E-state index contributed by atoms with van der Waals surface area (Å²) in [5.41, 5.74) is 0.868. The highest BCUT2D eigenvalue weighted by Gasteiger charge is 2.15. The molecule has 1 heterocycles. The maximum absolute atomic E-state index is 10.7. The number of rotatable bonds is 1. The van der Waals surface area contributed by atoms with Crippen LogP contribution in [-0.2, 0) is 4.79 Å². The van der Waals surface area contributed by atoms with Gasteiger partial charge in [-0.05, 0) is 12.2 Å².